The molecule has 0 atom stereocenters. The molecule has 0 radical (unpaired) electrons. The number of carbonyl (C=O) groups excluding carboxylic acids is 1. The zero-order chi connectivity index (χ0) is 14.7. The van der Waals surface area contributed by atoms with Gasteiger partial charge in [-0.05, 0) is 40.2 Å². The van der Waals surface area contributed by atoms with E-state index in [-0.39, 0.29) is 10.7 Å². The van der Waals surface area contributed by atoms with Crippen molar-refractivity contribution in [3.05, 3.63) is 50.5 Å². The molecular weight excluding hydrogens is 365 g/mol. The summed E-state index contributed by atoms with van der Waals surface area (Å²) in [6, 6.07) is 8.48. The SMILES string of the molecule is CNc1ccc(Cl)c(C(=O)Nc2cccc(Cl)c2Br)n1. The molecule has 0 aliphatic rings. The van der Waals surface area contributed by atoms with Gasteiger partial charge in [0.15, 0.2) is 0 Å². The molecule has 1 aromatic heterocycles. The lowest BCUT2D eigenvalue weighted by Crippen LogP contribution is -2.15. The number of nitrogens with one attached hydrogen (secondary N) is 2. The molecule has 1 heterocycles. The number of carbonyl (C=O) groups is 1. The smallest absolute Gasteiger partial charge is 0.275 e. The van der Waals surface area contributed by atoms with Crippen LogP contribution in [0.1, 0.15) is 10.5 Å². The first-order chi connectivity index (χ1) is 9.52. The molecule has 0 saturated carbocycles. The molecular formula is C13H10BrCl2N3O. The average molecular weight is 375 g/mol. The predicted octanol–water partition coefficient (Wildman–Crippen LogP) is 4.44. The van der Waals surface area contributed by atoms with Crippen molar-refractivity contribution in [1.82, 2.24) is 4.98 Å². The number of rotatable bonds is 3. The Balaban J connectivity index is 2.30. The maximum Gasteiger partial charge on any atom is 0.275 e. The second kappa shape index (κ2) is 6.43. The summed E-state index contributed by atoms with van der Waals surface area (Å²) in [5.74, 6) is 0.153. The van der Waals surface area contributed by atoms with E-state index in [4.69, 9.17) is 23.2 Å². The zero-order valence-electron chi connectivity index (χ0n) is 10.4. The molecule has 2 aromatic rings. The summed E-state index contributed by atoms with van der Waals surface area (Å²) >= 11 is 15.3. The number of anilines is 2. The number of benzene rings is 1. The second-order valence-corrected chi connectivity index (χ2v) is 5.44. The fourth-order valence-corrected chi connectivity index (χ4v) is 2.25. The third kappa shape index (κ3) is 3.23. The number of hydrogen-bond acceptors (Lipinski definition) is 3. The van der Waals surface area contributed by atoms with Crippen LogP contribution in [0, 0.1) is 0 Å². The molecule has 0 bridgehead atoms. The van der Waals surface area contributed by atoms with Crippen LogP contribution in [0.15, 0.2) is 34.8 Å². The Labute approximate surface area is 134 Å². The molecule has 1 aromatic carbocycles. The fourth-order valence-electron chi connectivity index (χ4n) is 1.52. The molecule has 0 unspecified atom stereocenters. The molecule has 0 saturated heterocycles. The Bertz CT molecular complexity index is 664. The van der Waals surface area contributed by atoms with Gasteiger partial charge in [-0.1, -0.05) is 29.3 Å². The van der Waals surface area contributed by atoms with Crippen LogP contribution in [0.25, 0.3) is 0 Å². The van der Waals surface area contributed by atoms with Gasteiger partial charge in [-0.2, -0.15) is 0 Å². The molecule has 104 valence electrons. The highest BCUT2D eigenvalue weighted by Crippen LogP contribution is 2.30. The Morgan fingerprint density at radius 3 is 2.65 bits per heavy atom. The number of hydrogen-bond donors (Lipinski definition) is 2. The molecule has 7 heteroatoms. The normalized spacial score (nSPS) is 10.2. The first kappa shape index (κ1) is 15.1. The van der Waals surface area contributed by atoms with Gasteiger partial charge in [-0.15, -0.1) is 0 Å². The fraction of sp³-hybridized carbons (Fsp3) is 0.0769. The van der Waals surface area contributed by atoms with Crippen molar-refractivity contribution >= 4 is 56.5 Å². The van der Waals surface area contributed by atoms with Crippen LogP contribution in [-0.4, -0.2) is 17.9 Å². The van der Waals surface area contributed by atoms with Crippen molar-refractivity contribution < 1.29 is 4.79 Å². The quantitative estimate of drug-likeness (QED) is 0.834. The van der Waals surface area contributed by atoms with Crippen LogP contribution >= 0.6 is 39.1 Å². The lowest BCUT2D eigenvalue weighted by Gasteiger charge is -2.10. The number of amides is 1. The first-order valence-corrected chi connectivity index (χ1v) is 7.17. The Kier molecular flexibility index (Phi) is 4.86. The van der Waals surface area contributed by atoms with Gasteiger partial charge in [0.2, 0.25) is 0 Å². The zero-order valence-corrected chi connectivity index (χ0v) is 13.5. The van der Waals surface area contributed by atoms with E-state index in [1.165, 1.54) is 0 Å². The van der Waals surface area contributed by atoms with Gasteiger partial charge in [0.1, 0.15) is 11.5 Å². The highest BCUT2D eigenvalue weighted by Gasteiger charge is 2.15. The van der Waals surface area contributed by atoms with E-state index in [0.717, 1.165) is 0 Å². The first-order valence-electron chi connectivity index (χ1n) is 5.62. The van der Waals surface area contributed by atoms with E-state index in [1.54, 1.807) is 37.4 Å². The van der Waals surface area contributed by atoms with Crippen LogP contribution < -0.4 is 10.6 Å². The van der Waals surface area contributed by atoms with Crippen molar-refractivity contribution in [2.45, 2.75) is 0 Å². The van der Waals surface area contributed by atoms with Gasteiger partial charge in [-0.3, -0.25) is 4.79 Å². The standard InChI is InChI=1S/C13H10BrCl2N3O/c1-17-10-6-5-8(16)12(19-10)13(20)18-9-4-2-3-7(15)11(9)14/h2-6H,1H3,(H,17,19)(H,18,20). The molecule has 20 heavy (non-hydrogen) atoms. The van der Waals surface area contributed by atoms with E-state index >= 15 is 0 Å². The monoisotopic (exact) mass is 373 g/mol. The Hall–Kier alpha value is -1.30. The van der Waals surface area contributed by atoms with E-state index in [9.17, 15) is 4.79 Å². The lowest BCUT2D eigenvalue weighted by molar-refractivity contribution is 0.102. The summed E-state index contributed by atoms with van der Waals surface area (Å²) in [5.41, 5.74) is 0.695. The number of nitrogens with zero attached hydrogens (tertiary/aromatic N) is 1. The van der Waals surface area contributed by atoms with E-state index in [2.05, 4.69) is 31.5 Å². The minimum atomic E-state index is -0.407. The van der Waals surface area contributed by atoms with Gasteiger partial charge >= 0.3 is 0 Å². The van der Waals surface area contributed by atoms with Crippen LogP contribution in [0.3, 0.4) is 0 Å². The van der Waals surface area contributed by atoms with Gasteiger partial charge in [-0.25, -0.2) is 4.98 Å². The minimum Gasteiger partial charge on any atom is -0.373 e. The molecule has 0 aliphatic carbocycles. The van der Waals surface area contributed by atoms with Crippen molar-refractivity contribution in [3.63, 3.8) is 0 Å². The van der Waals surface area contributed by atoms with Gasteiger partial charge in [0.25, 0.3) is 5.91 Å². The highest BCUT2D eigenvalue weighted by molar-refractivity contribution is 9.10. The summed E-state index contributed by atoms with van der Waals surface area (Å²) in [5, 5.41) is 6.35. The summed E-state index contributed by atoms with van der Waals surface area (Å²) in [6.45, 7) is 0. The number of pyridine rings is 1. The third-order valence-corrected chi connectivity index (χ3v) is 4.22. The third-order valence-electron chi connectivity index (χ3n) is 2.52. The van der Waals surface area contributed by atoms with Gasteiger partial charge in [0.05, 0.1) is 20.2 Å². The maximum absolute atomic E-state index is 12.2. The van der Waals surface area contributed by atoms with Gasteiger partial charge < -0.3 is 10.6 Å². The van der Waals surface area contributed by atoms with Crippen molar-refractivity contribution in [1.29, 1.82) is 0 Å². The maximum atomic E-state index is 12.2. The van der Waals surface area contributed by atoms with Crippen LogP contribution in [-0.2, 0) is 0 Å². The molecule has 0 aliphatic heterocycles. The van der Waals surface area contributed by atoms with E-state index in [1.807, 2.05) is 0 Å². The topological polar surface area (TPSA) is 54.0 Å². The summed E-state index contributed by atoms with van der Waals surface area (Å²) in [4.78, 5) is 16.4. The summed E-state index contributed by atoms with van der Waals surface area (Å²) < 4.78 is 0.607. The molecule has 2 N–H and O–H groups in total. The Morgan fingerprint density at radius 1 is 1.20 bits per heavy atom. The summed E-state index contributed by atoms with van der Waals surface area (Å²) in [7, 11) is 1.71. The average Bonchev–Trinajstić information content (AvgIpc) is 2.44. The van der Waals surface area contributed by atoms with E-state index in [0.29, 0.717) is 21.0 Å². The minimum absolute atomic E-state index is 0.144. The lowest BCUT2D eigenvalue weighted by atomic mass is 10.3. The summed E-state index contributed by atoms with van der Waals surface area (Å²) in [6.07, 6.45) is 0. The second-order valence-electron chi connectivity index (χ2n) is 3.83. The molecule has 4 nitrogen and oxygen atoms in total. The largest absolute Gasteiger partial charge is 0.373 e. The van der Waals surface area contributed by atoms with Gasteiger partial charge in [0, 0.05) is 7.05 Å². The molecule has 2 rings (SSSR count). The highest BCUT2D eigenvalue weighted by atomic mass is 79.9. The van der Waals surface area contributed by atoms with Crippen LogP contribution in [0.2, 0.25) is 10.0 Å². The van der Waals surface area contributed by atoms with E-state index < -0.39 is 5.91 Å². The van der Waals surface area contributed by atoms with Crippen LogP contribution in [0.4, 0.5) is 11.5 Å². The number of aromatic nitrogens is 1. The molecule has 0 spiro atoms. The van der Waals surface area contributed by atoms with Crippen molar-refractivity contribution in [3.8, 4) is 0 Å². The Morgan fingerprint density at radius 2 is 1.95 bits per heavy atom. The number of halogens is 3. The molecule has 0 fully saturated rings. The van der Waals surface area contributed by atoms with Crippen molar-refractivity contribution in [2.24, 2.45) is 0 Å². The predicted molar refractivity (Wildman–Crippen MR) is 85.9 cm³/mol. The van der Waals surface area contributed by atoms with Crippen LogP contribution in [0.5, 0.6) is 0 Å². The molecule has 1 amide bonds. The van der Waals surface area contributed by atoms with Crippen molar-refractivity contribution in [2.75, 3.05) is 17.7 Å².